The number of amides is 1. The van der Waals surface area contributed by atoms with Gasteiger partial charge in [0.2, 0.25) is 5.91 Å². The van der Waals surface area contributed by atoms with Crippen molar-refractivity contribution in [2.24, 2.45) is 0 Å². The van der Waals surface area contributed by atoms with E-state index in [2.05, 4.69) is 31.2 Å². The zero-order valence-electron chi connectivity index (χ0n) is 14.3. The molecule has 0 aliphatic carbocycles. The zero-order chi connectivity index (χ0) is 16.8. The molecule has 1 heterocycles. The van der Waals surface area contributed by atoms with Crippen molar-refractivity contribution in [1.29, 1.82) is 0 Å². The molecule has 1 aliphatic rings. The molecule has 1 amide bonds. The van der Waals surface area contributed by atoms with Gasteiger partial charge in [0.25, 0.3) is 0 Å². The van der Waals surface area contributed by atoms with Crippen LogP contribution in [-0.2, 0) is 11.2 Å². The third-order valence-corrected chi connectivity index (χ3v) is 4.59. The molecular formula is C21H25NO2. The first kappa shape index (κ1) is 16.6. The molecule has 0 atom stereocenters. The van der Waals surface area contributed by atoms with Crippen LogP contribution in [0.25, 0.3) is 0 Å². The standard InChI is InChI=1S/C21H25NO2/c1-17-7-10-19(11-8-17)24-20-13-15-22(16-14-20)21(23)12-9-18-5-3-2-4-6-18/h2-8,10-11,20H,9,12-16H2,1H3. The molecule has 24 heavy (non-hydrogen) atoms. The first-order valence-electron chi connectivity index (χ1n) is 8.76. The topological polar surface area (TPSA) is 29.5 Å². The number of benzene rings is 2. The number of hydrogen-bond donors (Lipinski definition) is 0. The molecule has 1 saturated heterocycles. The number of ether oxygens (including phenoxy) is 1. The molecule has 0 aromatic heterocycles. The van der Waals surface area contributed by atoms with Crippen molar-refractivity contribution in [1.82, 2.24) is 4.90 Å². The largest absolute Gasteiger partial charge is 0.490 e. The van der Waals surface area contributed by atoms with E-state index >= 15 is 0 Å². The Labute approximate surface area is 144 Å². The summed E-state index contributed by atoms with van der Waals surface area (Å²) >= 11 is 0. The van der Waals surface area contributed by atoms with Gasteiger partial charge in [-0.1, -0.05) is 48.0 Å². The molecule has 2 aromatic carbocycles. The lowest BCUT2D eigenvalue weighted by atomic mass is 10.1. The number of carbonyl (C=O) groups excluding carboxylic acids is 1. The number of hydrogen-bond acceptors (Lipinski definition) is 2. The quantitative estimate of drug-likeness (QED) is 0.832. The van der Waals surface area contributed by atoms with Gasteiger partial charge in [-0.25, -0.2) is 0 Å². The number of piperidine rings is 1. The van der Waals surface area contributed by atoms with Gasteiger partial charge in [-0.2, -0.15) is 0 Å². The van der Waals surface area contributed by atoms with Crippen LogP contribution in [-0.4, -0.2) is 30.0 Å². The molecule has 0 saturated carbocycles. The van der Waals surface area contributed by atoms with Crippen molar-refractivity contribution in [3.8, 4) is 5.75 Å². The maximum Gasteiger partial charge on any atom is 0.222 e. The van der Waals surface area contributed by atoms with E-state index in [1.807, 2.05) is 35.2 Å². The van der Waals surface area contributed by atoms with Gasteiger partial charge >= 0.3 is 0 Å². The second-order valence-electron chi connectivity index (χ2n) is 6.50. The van der Waals surface area contributed by atoms with E-state index in [1.54, 1.807) is 0 Å². The summed E-state index contributed by atoms with van der Waals surface area (Å²) in [5, 5.41) is 0. The number of rotatable bonds is 5. The normalized spacial score (nSPS) is 15.3. The Hall–Kier alpha value is -2.29. The van der Waals surface area contributed by atoms with Gasteiger partial charge in [0.1, 0.15) is 11.9 Å². The smallest absolute Gasteiger partial charge is 0.222 e. The highest BCUT2D eigenvalue weighted by Gasteiger charge is 2.23. The number of carbonyl (C=O) groups is 1. The minimum atomic E-state index is 0.214. The molecule has 1 aliphatic heterocycles. The van der Waals surface area contributed by atoms with Crippen LogP contribution in [0.2, 0.25) is 0 Å². The van der Waals surface area contributed by atoms with Gasteiger partial charge in [-0.3, -0.25) is 4.79 Å². The summed E-state index contributed by atoms with van der Waals surface area (Å²) in [4.78, 5) is 14.3. The highest BCUT2D eigenvalue weighted by atomic mass is 16.5. The summed E-state index contributed by atoms with van der Waals surface area (Å²) in [6.07, 6.45) is 3.44. The maximum absolute atomic E-state index is 12.4. The average Bonchev–Trinajstić information content (AvgIpc) is 2.63. The third kappa shape index (κ3) is 4.60. The Kier molecular flexibility index (Phi) is 5.52. The Morgan fingerprint density at radius 1 is 1.04 bits per heavy atom. The lowest BCUT2D eigenvalue weighted by Crippen LogP contribution is -2.41. The second kappa shape index (κ2) is 8.00. The molecule has 0 unspecified atom stereocenters. The fraction of sp³-hybridized carbons (Fsp3) is 0.381. The summed E-state index contributed by atoms with van der Waals surface area (Å²) in [7, 11) is 0. The predicted octanol–water partition coefficient (Wildman–Crippen LogP) is 4.00. The third-order valence-electron chi connectivity index (χ3n) is 4.59. The monoisotopic (exact) mass is 323 g/mol. The molecule has 0 bridgehead atoms. The number of nitrogens with zero attached hydrogens (tertiary/aromatic N) is 1. The fourth-order valence-electron chi connectivity index (χ4n) is 3.09. The Morgan fingerprint density at radius 3 is 2.38 bits per heavy atom. The van der Waals surface area contributed by atoms with Gasteiger partial charge in [0.15, 0.2) is 0 Å². The number of aryl methyl sites for hydroxylation is 2. The lowest BCUT2D eigenvalue weighted by Gasteiger charge is -2.32. The van der Waals surface area contributed by atoms with Crippen molar-refractivity contribution in [2.75, 3.05) is 13.1 Å². The summed E-state index contributed by atoms with van der Waals surface area (Å²) in [6, 6.07) is 18.4. The summed E-state index contributed by atoms with van der Waals surface area (Å²) in [5.41, 5.74) is 2.46. The van der Waals surface area contributed by atoms with E-state index in [9.17, 15) is 4.79 Å². The molecule has 2 aromatic rings. The van der Waals surface area contributed by atoms with Crippen molar-refractivity contribution in [3.63, 3.8) is 0 Å². The van der Waals surface area contributed by atoms with Gasteiger partial charge in [0, 0.05) is 32.4 Å². The molecule has 3 rings (SSSR count). The van der Waals surface area contributed by atoms with Crippen LogP contribution in [0.5, 0.6) is 5.75 Å². The molecule has 0 N–H and O–H groups in total. The summed E-state index contributed by atoms with van der Waals surface area (Å²) in [6.45, 7) is 3.66. The minimum Gasteiger partial charge on any atom is -0.490 e. The maximum atomic E-state index is 12.4. The average molecular weight is 323 g/mol. The second-order valence-corrected chi connectivity index (χ2v) is 6.50. The Balaban J connectivity index is 1.42. The fourth-order valence-corrected chi connectivity index (χ4v) is 3.09. The highest BCUT2D eigenvalue weighted by Crippen LogP contribution is 2.20. The summed E-state index contributed by atoms with van der Waals surface area (Å²) < 4.78 is 6.03. The van der Waals surface area contributed by atoms with Crippen LogP contribution in [0.1, 0.15) is 30.4 Å². The van der Waals surface area contributed by atoms with Crippen molar-refractivity contribution in [2.45, 2.75) is 38.7 Å². The molecule has 3 nitrogen and oxygen atoms in total. The van der Waals surface area contributed by atoms with Crippen molar-refractivity contribution in [3.05, 3.63) is 65.7 Å². The van der Waals surface area contributed by atoms with Crippen LogP contribution < -0.4 is 4.74 Å². The van der Waals surface area contributed by atoms with E-state index in [0.29, 0.717) is 6.42 Å². The van der Waals surface area contributed by atoms with E-state index in [1.165, 1.54) is 11.1 Å². The zero-order valence-corrected chi connectivity index (χ0v) is 14.3. The van der Waals surface area contributed by atoms with Crippen molar-refractivity contribution >= 4 is 5.91 Å². The van der Waals surface area contributed by atoms with Gasteiger partial charge in [0.05, 0.1) is 0 Å². The van der Waals surface area contributed by atoms with Crippen LogP contribution >= 0.6 is 0 Å². The molecule has 0 spiro atoms. The van der Waals surface area contributed by atoms with Crippen LogP contribution in [0, 0.1) is 6.92 Å². The van der Waals surface area contributed by atoms with Gasteiger partial charge in [-0.15, -0.1) is 0 Å². The Morgan fingerprint density at radius 2 is 1.71 bits per heavy atom. The predicted molar refractivity (Wildman–Crippen MR) is 96.2 cm³/mol. The lowest BCUT2D eigenvalue weighted by molar-refractivity contribution is -0.132. The van der Waals surface area contributed by atoms with E-state index in [4.69, 9.17) is 4.74 Å². The molecule has 3 heteroatoms. The van der Waals surface area contributed by atoms with E-state index in [0.717, 1.165) is 38.1 Å². The summed E-state index contributed by atoms with van der Waals surface area (Å²) in [5.74, 6) is 1.18. The first-order chi connectivity index (χ1) is 11.7. The van der Waals surface area contributed by atoms with Crippen molar-refractivity contribution < 1.29 is 9.53 Å². The van der Waals surface area contributed by atoms with E-state index in [-0.39, 0.29) is 12.0 Å². The van der Waals surface area contributed by atoms with E-state index < -0.39 is 0 Å². The molecule has 1 fully saturated rings. The van der Waals surface area contributed by atoms with Crippen LogP contribution in [0.4, 0.5) is 0 Å². The molecule has 126 valence electrons. The van der Waals surface area contributed by atoms with Gasteiger partial charge < -0.3 is 9.64 Å². The Bertz CT molecular complexity index is 643. The SMILES string of the molecule is Cc1ccc(OC2CCN(C(=O)CCc3ccccc3)CC2)cc1. The molecular weight excluding hydrogens is 298 g/mol. The first-order valence-corrected chi connectivity index (χ1v) is 8.76. The highest BCUT2D eigenvalue weighted by molar-refractivity contribution is 5.76. The van der Waals surface area contributed by atoms with Crippen LogP contribution in [0.3, 0.4) is 0 Å². The van der Waals surface area contributed by atoms with Gasteiger partial charge in [-0.05, 0) is 31.0 Å². The van der Waals surface area contributed by atoms with Crippen LogP contribution in [0.15, 0.2) is 54.6 Å². The molecule has 0 radical (unpaired) electrons. The number of likely N-dealkylation sites (tertiary alicyclic amines) is 1. The minimum absolute atomic E-state index is 0.214.